The van der Waals surface area contributed by atoms with E-state index < -0.39 is 5.41 Å². The Morgan fingerprint density at radius 2 is 1.18 bits per heavy atom. The molecule has 12 rings (SSSR count). The summed E-state index contributed by atoms with van der Waals surface area (Å²) in [6.45, 7) is 0. The largest absolute Gasteiger partial charge is 0.456 e. The van der Waals surface area contributed by atoms with Gasteiger partial charge in [0, 0.05) is 65.4 Å². The first-order valence-corrected chi connectivity index (χ1v) is 20.4. The Morgan fingerprint density at radius 1 is 0.491 bits per heavy atom. The molecule has 3 atom stereocenters. The van der Waals surface area contributed by atoms with Crippen LogP contribution in [0, 0.1) is 5.92 Å². The summed E-state index contributed by atoms with van der Waals surface area (Å²) >= 11 is 1.82. The van der Waals surface area contributed by atoms with Crippen molar-refractivity contribution in [3.63, 3.8) is 0 Å². The Hall–Kier alpha value is -6.88. The van der Waals surface area contributed by atoms with Gasteiger partial charge >= 0.3 is 0 Å². The second kappa shape index (κ2) is 12.6. The number of hydrogen-bond acceptors (Lipinski definition) is 4. The van der Waals surface area contributed by atoms with Crippen LogP contribution in [0.4, 0.5) is 0 Å². The van der Waals surface area contributed by atoms with Crippen molar-refractivity contribution >= 4 is 31.5 Å². The van der Waals surface area contributed by atoms with E-state index in [9.17, 15) is 0 Å². The van der Waals surface area contributed by atoms with Gasteiger partial charge in [0.15, 0.2) is 5.82 Å². The highest BCUT2D eigenvalue weighted by Crippen LogP contribution is 2.65. The van der Waals surface area contributed by atoms with Gasteiger partial charge in [-0.15, -0.1) is 11.3 Å². The Balaban J connectivity index is 1.07. The first-order valence-electron chi connectivity index (χ1n) is 19.6. The third kappa shape index (κ3) is 4.78. The Bertz CT molecular complexity index is 3140. The highest BCUT2D eigenvalue weighted by Gasteiger charge is 2.56. The molecule has 4 heteroatoms. The summed E-state index contributed by atoms with van der Waals surface area (Å²) < 4.78 is 9.64. The predicted molar refractivity (Wildman–Crippen MR) is 234 cm³/mol. The van der Waals surface area contributed by atoms with Crippen molar-refractivity contribution in [3.8, 4) is 56.5 Å². The maximum absolute atomic E-state index is 7.11. The molecular weight excluding hydrogens is 713 g/mol. The topological polar surface area (TPSA) is 35.0 Å². The molecule has 0 N–H and O–H groups in total. The van der Waals surface area contributed by atoms with Crippen molar-refractivity contribution in [1.29, 1.82) is 0 Å². The van der Waals surface area contributed by atoms with Crippen LogP contribution in [-0.2, 0) is 5.41 Å². The van der Waals surface area contributed by atoms with Crippen LogP contribution >= 0.6 is 11.3 Å². The van der Waals surface area contributed by atoms with E-state index in [4.69, 9.17) is 14.7 Å². The molecule has 0 amide bonds. The standard InChI is InChI=1S/C53H34N2OS/c1-2-15-33(16-3-1)46-32-47(34-29-30-39-38-20-8-13-28-49(38)57-50(39)31-34)55-52(54-46)41-21-5-4-17-35(41)40-22-14-26-45-51(40)56-48-27-12-11-25-44(48)53(45)42-23-9-6-18-36(42)37-19-7-10-24-43(37)53/h1-32,36,42H. The number of benzene rings is 7. The Kier molecular flexibility index (Phi) is 7.14. The van der Waals surface area contributed by atoms with Gasteiger partial charge in [0.1, 0.15) is 11.5 Å². The molecule has 268 valence electrons. The smallest absolute Gasteiger partial charge is 0.161 e. The zero-order valence-corrected chi connectivity index (χ0v) is 31.7. The molecule has 3 heterocycles. The second-order valence-electron chi connectivity index (χ2n) is 15.2. The molecule has 2 aromatic heterocycles. The second-order valence-corrected chi connectivity index (χ2v) is 16.3. The van der Waals surface area contributed by atoms with Crippen LogP contribution in [0.15, 0.2) is 194 Å². The summed E-state index contributed by atoms with van der Waals surface area (Å²) in [5, 5.41) is 2.56. The third-order valence-corrected chi connectivity index (χ3v) is 13.4. The lowest BCUT2D eigenvalue weighted by Gasteiger charge is -2.43. The monoisotopic (exact) mass is 746 g/mol. The number of ether oxygens (including phenoxy) is 1. The number of aromatic nitrogens is 2. The van der Waals surface area contributed by atoms with Crippen molar-refractivity contribution < 1.29 is 4.74 Å². The molecule has 1 spiro atoms. The summed E-state index contributed by atoms with van der Waals surface area (Å²) in [5.74, 6) is 2.92. The fraction of sp³-hybridized carbons (Fsp3) is 0.0566. The molecule has 9 aromatic rings. The number of fused-ring (bicyclic) bond motifs is 12. The van der Waals surface area contributed by atoms with E-state index in [0.717, 1.165) is 50.7 Å². The van der Waals surface area contributed by atoms with Crippen molar-refractivity contribution in [2.75, 3.05) is 0 Å². The van der Waals surface area contributed by atoms with Gasteiger partial charge in [-0.05, 0) is 41.0 Å². The molecule has 57 heavy (non-hydrogen) atoms. The van der Waals surface area contributed by atoms with Gasteiger partial charge in [-0.2, -0.15) is 0 Å². The molecule has 0 fully saturated rings. The van der Waals surface area contributed by atoms with E-state index in [-0.39, 0.29) is 11.8 Å². The van der Waals surface area contributed by atoms with Gasteiger partial charge in [-0.3, -0.25) is 0 Å². The zero-order chi connectivity index (χ0) is 37.5. The van der Waals surface area contributed by atoms with E-state index >= 15 is 0 Å². The van der Waals surface area contributed by atoms with Crippen LogP contribution in [0.3, 0.4) is 0 Å². The molecule has 3 unspecified atom stereocenters. The van der Waals surface area contributed by atoms with Crippen molar-refractivity contribution in [2.24, 2.45) is 5.92 Å². The quantitative estimate of drug-likeness (QED) is 0.180. The number of hydrogen-bond donors (Lipinski definition) is 0. The summed E-state index contributed by atoms with van der Waals surface area (Å²) in [7, 11) is 0. The number of rotatable bonds is 4. The van der Waals surface area contributed by atoms with Crippen molar-refractivity contribution in [3.05, 3.63) is 216 Å². The Labute approximate surface area is 334 Å². The van der Waals surface area contributed by atoms with Crippen LogP contribution in [0.1, 0.15) is 28.2 Å². The van der Waals surface area contributed by atoms with Crippen molar-refractivity contribution in [2.45, 2.75) is 11.3 Å². The van der Waals surface area contributed by atoms with E-state index in [1.807, 2.05) is 17.4 Å². The maximum Gasteiger partial charge on any atom is 0.161 e. The predicted octanol–water partition coefficient (Wildman–Crippen LogP) is 13.8. The van der Waals surface area contributed by atoms with E-state index in [0.29, 0.717) is 5.82 Å². The first kappa shape index (κ1) is 32.4. The van der Waals surface area contributed by atoms with Crippen LogP contribution in [0.25, 0.3) is 65.2 Å². The van der Waals surface area contributed by atoms with Crippen LogP contribution in [0.5, 0.6) is 11.5 Å². The van der Waals surface area contributed by atoms with E-state index in [2.05, 4.69) is 188 Å². The average molecular weight is 747 g/mol. The highest BCUT2D eigenvalue weighted by molar-refractivity contribution is 7.25. The van der Waals surface area contributed by atoms with Crippen LogP contribution < -0.4 is 4.74 Å². The Morgan fingerprint density at radius 3 is 2.09 bits per heavy atom. The van der Waals surface area contributed by atoms with Gasteiger partial charge in [0.25, 0.3) is 0 Å². The van der Waals surface area contributed by atoms with Gasteiger partial charge in [0.05, 0.1) is 16.8 Å². The van der Waals surface area contributed by atoms with Gasteiger partial charge in [-0.1, -0.05) is 170 Å². The normalized spacial score (nSPS) is 18.6. The molecule has 2 aliphatic carbocycles. The van der Waals surface area contributed by atoms with Gasteiger partial charge in [0.2, 0.25) is 0 Å². The number of nitrogens with zero attached hydrogens (tertiary/aromatic N) is 2. The lowest BCUT2D eigenvalue weighted by Crippen LogP contribution is -2.37. The van der Waals surface area contributed by atoms with Crippen LogP contribution in [0.2, 0.25) is 0 Å². The minimum Gasteiger partial charge on any atom is -0.456 e. The lowest BCUT2D eigenvalue weighted by atomic mass is 9.61. The number of thiophene rings is 1. The molecule has 7 aromatic carbocycles. The molecule has 3 nitrogen and oxygen atoms in total. The van der Waals surface area contributed by atoms with E-state index in [1.54, 1.807) is 0 Å². The summed E-state index contributed by atoms with van der Waals surface area (Å²) in [6.07, 6.45) is 9.22. The molecule has 0 bridgehead atoms. The first-order chi connectivity index (χ1) is 28.3. The molecule has 3 aliphatic rings. The van der Waals surface area contributed by atoms with E-state index in [1.165, 1.54) is 42.4 Å². The zero-order valence-electron chi connectivity index (χ0n) is 30.8. The molecule has 0 saturated carbocycles. The van der Waals surface area contributed by atoms with Crippen LogP contribution in [-0.4, -0.2) is 9.97 Å². The summed E-state index contributed by atoms with van der Waals surface area (Å²) in [4.78, 5) is 10.7. The minimum absolute atomic E-state index is 0.195. The highest BCUT2D eigenvalue weighted by atomic mass is 32.1. The molecule has 0 saturated heterocycles. The lowest BCUT2D eigenvalue weighted by molar-refractivity contribution is 0.375. The number of para-hydroxylation sites is 2. The number of allylic oxidation sites excluding steroid dienone is 4. The maximum atomic E-state index is 7.11. The summed E-state index contributed by atoms with van der Waals surface area (Å²) in [6, 6.07) is 60.8. The van der Waals surface area contributed by atoms with Gasteiger partial charge in [-0.25, -0.2) is 9.97 Å². The van der Waals surface area contributed by atoms with Gasteiger partial charge < -0.3 is 4.74 Å². The molecule has 1 aliphatic heterocycles. The summed E-state index contributed by atoms with van der Waals surface area (Å²) in [5.41, 5.74) is 11.6. The average Bonchev–Trinajstić information content (AvgIpc) is 3.80. The molecule has 0 radical (unpaired) electrons. The minimum atomic E-state index is -0.431. The molecular formula is C53H34N2OS. The van der Waals surface area contributed by atoms with Crippen molar-refractivity contribution in [1.82, 2.24) is 9.97 Å². The SMILES string of the molecule is C1=CC2c3ccccc3C3(c4ccccc4Oc4c(-c5ccccc5-c5nc(-c6ccccc6)cc(-c6ccc7c(c6)sc6ccccc67)n5)cccc43)C2C=C1. The third-order valence-electron chi connectivity index (χ3n) is 12.3. The fourth-order valence-electron chi connectivity index (χ4n) is 9.87. The fourth-order valence-corrected chi connectivity index (χ4v) is 11.0.